The number of pyridine rings is 1. The lowest BCUT2D eigenvalue weighted by molar-refractivity contribution is 0.552. The molecule has 0 aromatic carbocycles. The van der Waals surface area contributed by atoms with Gasteiger partial charge in [0.25, 0.3) is 0 Å². The Balaban J connectivity index is 2.08. The highest BCUT2D eigenvalue weighted by Gasteiger charge is 2.27. The summed E-state index contributed by atoms with van der Waals surface area (Å²) in [6.45, 7) is 11.9. The van der Waals surface area contributed by atoms with Crippen LogP contribution >= 0.6 is 11.6 Å². The molecule has 2 atom stereocenters. The minimum atomic E-state index is 0.565. The molecule has 0 saturated carbocycles. The molecule has 1 saturated heterocycles. The van der Waals surface area contributed by atoms with Crippen molar-refractivity contribution >= 4 is 17.4 Å². The Bertz CT molecular complexity index is 447. The van der Waals surface area contributed by atoms with E-state index < -0.39 is 0 Å². The van der Waals surface area contributed by atoms with Crippen LogP contribution in [0.25, 0.3) is 0 Å². The standard InChI is InChI=1S/C16H26ClN3/c1-11(2)7-18-8-14-6-16(19-9-15(14)17)20-10-12(3)5-13(20)4/h6,9,11-13,18H,5,7-8,10H2,1-4H3. The van der Waals surface area contributed by atoms with Gasteiger partial charge in [-0.25, -0.2) is 4.98 Å². The van der Waals surface area contributed by atoms with E-state index in [-0.39, 0.29) is 0 Å². The van der Waals surface area contributed by atoms with E-state index in [2.05, 4.69) is 49.0 Å². The second kappa shape index (κ2) is 6.77. The van der Waals surface area contributed by atoms with E-state index in [1.165, 1.54) is 6.42 Å². The number of nitrogens with one attached hydrogen (secondary N) is 1. The average Bonchev–Trinajstić information content (AvgIpc) is 2.70. The van der Waals surface area contributed by atoms with E-state index in [1.54, 1.807) is 6.20 Å². The zero-order chi connectivity index (χ0) is 14.7. The minimum Gasteiger partial charge on any atom is -0.354 e. The van der Waals surface area contributed by atoms with Gasteiger partial charge in [0.05, 0.1) is 5.02 Å². The Kier molecular flexibility index (Phi) is 5.28. The molecule has 0 aliphatic carbocycles. The van der Waals surface area contributed by atoms with Gasteiger partial charge in [-0.1, -0.05) is 32.4 Å². The Morgan fingerprint density at radius 3 is 2.80 bits per heavy atom. The third-order valence-corrected chi connectivity index (χ3v) is 4.21. The summed E-state index contributed by atoms with van der Waals surface area (Å²) in [5.41, 5.74) is 1.14. The molecule has 4 heteroatoms. The minimum absolute atomic E-state index is 0.565. The largest absolute Gasteiger partial charge is 0.354 e. The van der Waals surface area contributed by atoms with Crippen LogP contribution in [-0.4, -0.2) is 24.1 Å². The molecule has 0 radical (unpaired) electrons. The van der Waals surface area contributed by atoms with Gasteiger partial charge in [-0.05, 0) is 43.4 Å². The van der Waals surface area contributed by atoms with Crippen molar-refractivity contribution in [2.24, 2.45) is 11.8 Å². The summed E-state index contributed by atoms with van der Waals surface area (Å²) in [4.78, 5) is 6.91. The highest BCUT2D eigenvalue weighted by molar-refractivity contribution is 6.31. The van der Waals surface area contributed by atoms with Crippen LogP contribution in [0.1, 0.15) is 39.7 Å². The van der Waals surface area contributed by atoms with Gasteiger partial charge in [0.2, 0.25) is 0 Å². The quantitative estimate of drug-likeness (QED) is 0.897. The molecule has 1 fully saturated rings. The molecule has 112 valence electrons. The fourth-order valence-corrected chi connectivity index (χ4v) is 3.05. The van der Waals surface area contributed by atoms with Crippen LogP contribution in [0.15, 0.2) is 12.3 Å². The number of hydrogen-bond donors (Lipinski definition) is 1. The lowest BCUT2D eigenvalue weighted by Gasteiger charge is -2.23. The van der Waals surface area contributed by atoms with Crippen LogP contribution in [0.3, 0.4) is 0 Å². The van der Waals surface area contributed by atoms with E-state index >= 15 is 0 Å². The Morgan fingerprint density at radius 1 is 1.45 bits per heavy atom. The summed E-state index contributed by atoms with van der Waals surface area (Å²) in [6, 6.07) is 2.71. The van der Waals surface area contributed by atoms with Crippen molar-refractivity contribution in [2.75, 3.05) is 18.0 Å². The summed E-state index contributed by atoms with van der Waals surface area (Å²) in [5, 5.41) is 4.20. The third kappa shape index (κ3) is 3.86. The summed E-state index contributed by atoms with van der Waals surface area (Å²) >= 11 is 6.26. The maximum Gasteiger partial charge on any atom is 0.129 e. The van der Waals surface area contributed by atoms with Crippen molar-refractivity contribution < 1.29 is 0 Å². The van der Waals surface area contributed by atoms with Crippen molar-refractivity contribution in [3.8, 4) is 0 Å². The van der Waals surface area contributed by atoms with Crippen LogP contribution in [0.2, 0.25) is 5.02 Å². The SMILES string of the molecule is CC(C)CNCc1cc(N2CC(C)CC2C)ncc1Cl. The maximum atomic E-state index is 6.26. The zero-order valence-electron chi connectivity index (χ0n) is 13.0. The summed E-state index contributed by atoms with van der Waals surface area (Å²) in [7, 11) is 0. The number of nitrogens with zero attached hydrogens (tertiary/aromatic N) is 2. The monoisotopic (exact) mass is 295 g/mol. The Hall–Kier alpha value is -0.800. The first-order valence-electron chi connectivity index (χ1n) is 7.59. The van der Waals surface area contributed by atoms with Crippen molar-refractivity contribution in [3.63, 3.8) is 0 Å². The molecule has 2 heterocycles. The van der Waals surface area contributed by atoms with Gasteiger partial charge >= 0.3 is 0 Å². The molecule has 1 aliphatic rings. The van der Waals surface area contributed by atoms with Gasteiger partial charge in [0, 0.05) is 25.3 Å². The lowest BCUT2D eigenvalue weighted by atomic mass is 10.1. The highest BCUT2D eigenvalue weighted by Crippen LogP contribution is 2.29. The molecular formula is C16H26ClN3. The van der Waals surface area contributed by atoms with Crippen molar-refractivity contribution in [1.29, 1.82) is 0 Å². The van der Waals surface area contributed by atoms with Crippen LogP contribution < -0.4 is 10.2 Å². The van der Waals surface area contributed by atoms with E-state index in [4.69, 9.17) is 11.6 Å². The topological polar surface area (TPSA) is 28.2 Å². The number of rotatable bonds is 5. The van der Waals surface area contributed by atoms with Crippen molar-refractivity contribution in [1.82, 2.24) is 10.3 Å². The molecular weight excluding hydrogens is 270 g/mol. The maximum absolute atomic E-state index is 6.26. The van der Waals surface area contributed by atoms with Gasteiger partial charge in [0.1, 0.15) is 5.82 Å². The Labute approximate surface area is 127 Å². The fraction of sp³-hybridized carbons (Fsp3) is 0.688. The summed E-state index contributed by atoms with van der Waals surface area (Å²) < 4.78 is 0. The highest BCUT2D eigenvalue weighted by atomic mass is 35.5. The van der Waals surface area contributed by atoms with Crippen LogP contribution in [-0.2, 0) is 6.54 Å². The van der Waals surface area contributed by atoms with Gasteiger partial charge < -0.3 is 10.2 Å². The molecule has 2 unspecified atom stereocenters. The molecule has 0 amide bonds. The average molecular weight is 296 g/mol. The normalized spacial score (nSPS) is 22.8. The zero-order valence-corrected chi connectivity index (χ0v) is 13.7. The van der Waals surface area contributed by atoms with Crippen LogP contribution in [0, 0.1) is 11.8 Å². The van der Waals surface area contributed by atoms with E-state index in [9.17, 15) is 0 Å². The van der Waals surface area contributed by atoms with Crippen LogP contribution in [0.4, 0.5) is 5.82 Å². The molecule has 0 bridgehead atoms. The Morgan fingerprint density at radius 2 is 2.20 bits per heavy atom. The molecule has 0 spiro atoms. The molecule has 1 aromatic heterocycles. The third-order valence-electron chi connectivity index (χ3n) is 3.87. The van der Waals surface area contributed by atoms with Crippen molar-refractivity contribution in [3.05, 3.63) is 22.8 Å². The molecule has 3 nitrogen and oxygen atoms in total. The first-order chi connectivity index (χ1) is 9.47. The first kappa shape index (κ1) is 15.6. The second-order valence-electron chi connectivity index (χ2n) is 6.50. The summed E-state index contributed by atoms with van der Waals surface area (Å²) in [6.07, 6.45) is 3.03. The smallest absolute Gasteiger partial charge is 0.129 e. The van der Waals surface area contributed by atoms with E-state index in [1.807, 2.05) is 0 Å². The fourth-order valence-electron chi connectivity index (χ4n) is 2.87. The molecule has 1 aliphatic heterocycles. The molecule has 2 rings (SSSR count). The van der Waals surface area contributed by atoms with Gasteiger partial charge in [-0.15, -0.1) is 0 Å². The summed E-state index contributed by atoms with van der Waals surface area (Å²) in [5.74, 6) is 2.45. The number of hydrogen-bond acceptors (Lipinski definition) is 3. The van der Waals surface area contributed by atoms with E-state index in [0.717, 1.165) is 42.0 Å². The predicted molar refractivity (Wildman–Crippen MR) is 86.4 cm³/mol. The first-order valence-corrected chi connectivity index (χ1v) is 7.97. The van der Waals surface area contributed by atoms with Gasteiger partial charge in [0.15, 0.2) is 0 Å². The van der Waals surface area contributed by atoms with E-state index in [0.29, 0.717) is 12.0 Å². The van der Waals surface area contributed by atoms with Crippen molar-refractivity contribution in [2.45, 2.75) is 46.7 Å². The second-order valence-corrected chi connectivity index (χ2v) is 6.91. The lowest BCUT2D eigenvalue weighted by Crippen LogP contribution is -2.28. The number of anilines is 1. The number of halogens is 1. The van der Waals surface area contributed by atoms with Gasteiger partial charge in [-0.3, -0.25) is 0 Å². The molecule has 20 heavy (non-hydrogen) atoms. The molecule has 1 aromatic rings. The van der Waals surface area contributed by atoms with Crippen LogP contribution in [0.5, 0.6) is 0 Å². The molecule has 1 N–H and O–H groups in total. The number of aromatic nitrogens is 1. The van der Waals surface area contributed by atoms with Gasteiger partial charge in [-0.2, -0.15) is 0 Å². The predicted octanol–water partition coefficient (Wildman–Crippen LogP) is 3.72.